The maximum Gasteiger partial charge on any atom is 0.257 e. The van der Waals surface area contributed by atoms with Crippen molar-refractivity contribution in [3.63, 3.8) is 0 Å². The molecule has 1 unspecified atom stereocenters. The van der Waals surface area contributed by atoms with E-state index in [0.29, 0.717) is 30.5 Å². The van der Waals surface area contributed by atoms with Gasteiger partial charge >= 0.3 is 0 Å². The van der Waals surface area contributed by atoms with Gasteiger partial charge in [-0.05, 0) is 23.8 Å². The zero-order chi connectivity index (χ0) is 17.4. The predicted molar refractivity (Wildman–Crippen MR) is 101 cm³/mol. The Morgan fingerprint density at radius 1 is 1.16 bits per heavy atom. The third kappa shape index (κ3) is 3.12. The summed E-state index contributed by atoms with van der Waals surface area (Å²) in [5.41, 5.74) is 1.52. The normalized spacial score (nSPS) is 18.1. The Bertz CT molecular complexity index is 957. The second kappa shape index (κ2) is 6.70. The second-order valence-electron chi connectivity index (χ2n) is 5.80. The number of hydrogen-bond donors (Lipinski definition) is 0. The average Bonchev–Trinajstić information content (AvgIpc) is 3.02. The number of fused-ring (bicyclic) bond motifs is 1. The molecule has 1 aliphatic heterocycles. The highest BCUT2D eigenvalue weighted by molar-refractivity contribution is 9.10. The summed E-state index contributed by atoms with van der Waals surface area (Å²) in [4.78, 5) is 27.0. The van der Waals surface area contributed by atoms with Crippen LogP contribution in [0.2, 0.25) is 0 Å². The number of nitrogens with zero attached hydrogens (tertiary/aromatic N) is 2. The molecule has 1 saturated heterocycles. The van der Waals surface area contributed by atoms with Crippen LogP contribution in [-0.4, -0.2) is 22.9 Å². The summed E-state index contributed by atoms with van der Waals surface area (Å²) in [6.45, 7) is 0.350. The molecule has 2 aromatic carbocycles. The van der Waals surface area contributed by atoms with E-state index in [4.69, 9.17) is 4.52 Å². The Kier molecular flexibility index (Phi) is 4.40. The monoisotopic (exact) mass is 416 g/mol. The minimum absolute atomic E-state index is 0.0515. The van der Waals surface area contributed by atoms with Crippen molar-refractivity contribution in [2.24, 2.45) is 0 Å². The highest BCUT2D eigenvalue weighted by Gasteiger charge is 2.37. The first kappa shape index (κ1) is 16.4. The van der Waals surface area contributed by atoms with Crippen LogP contribution in [0.15, 0.2) is 57.5 Å². The number of hydrogen-bond acceptors (Lipinski definition) is 4. The number of amides is 1. The van der Waals surface area contributed by atoms with Gasteiger partial charge < -0.3 is 4.52 Å². The summed E-state index contributed by atoms with van der Waals surface area (Å²) in [7, 11) is -1.42. The molecule has 4 rings (SSSR count). The molecule has 1 aliphatic rings. The molecule has 1 aromatic heterocycles. The maximum absolute atomic E-state index is 13.0. The predicted octanol–water partition coefficient (Wildman–Crippen LogP) is 5.13. The van der Waals surface area contributed by atoms with E-state index in [1.807, 2.05) is 48.5 Å². The lowest BCUT2D eigenvalue weighted by Gasteiger charge is -2.29. The first-order valence-corrected chi connectivity index (χ1v) is 10.2. The molecule has 1 atom stereocenters. The van der Waals surface area contributed by atoms with Crippen molar-refractivity contribution in [2.45, 2.75) is 12.6 Å². The number of carbonyl (C=O) groups is 2. The summed E-state index contributed by atoms with van der Waals surface area (Å²) in [6, 6.07) is 15.2. The van der Waals surface area contributed by atoms with Gasteiger partial charge in [-0.1, -0.05) is 51.4 Å². The molecule has 5 nitrogen and oxygen atoms in total. The van der Waals surface area contributed by atoms with Crippen LogP contribution < -0.4 is 4.90 Å². The molecular formula is C18H14BrN2O3P. The van der Waals surface area contributed by atoms with Crippen LogP contribution in [0, 0.1) is 0 Å². The van der Waals surface area contributed by atoms with E-state index in [1.54, 1.807) is 4.90 Å². The largest absolute Gasteiger partial charge is 0.354 e. The lowest BCUT2D eigenvalue weighted by molar-refractivity contribution is -0.111. The zero-order valence-corrected chi connectivity index (χ0v) is 15.7. The van der Waals surface area contributed by atoms with Gasteiger partial charge in [0.05, 0.1) is 13.3 Å². The number of benzene rings is 2. The molecule has 7 heteroatoms. The van der Waals surface area contributed by atoms with E-state index in [1.165, 1.54) is 0 Å². The lowest BCUT2D eigenvalue weighted by Crippen LogP contribution is -2.37. The van der Waals surface area contributed by atoms with E-state index in [9.17, 15) is 9.59 Å². The maximum atomic E-state index is 13.0. The quantitative estimate of drug-likeness (QED) is 0.555. The molecule has 1 fully saturated rings. The lowest BCUT2D eigenvalue weighted by atomic mass is 10.2. The fourth-order valence-electron chi connectivity index (χ4n) is 2.90. The SMILES string of the molecule is O=C1CCN(c2noc3cc(Br)ccc23)C(=O)P1Cc1ccccc1. The summed E-state index contributed by atoms with van der Waals surface area (Å²) in [5.74, 6) is 0.501. The van der Waals surface area contributed by atoms with Gasteiger partial charge in [0.1, 0.15) is 0 Å². The Hall–Kier alpha value is -2.04. The summed E-state index contributed by atoms with van der Waals surface area (Å²) >= 11 is 3.39. The van der Waals surface area contributed by atoms with Crippen LogP contribution in [0.1, 0.15) is 12.0 Å². The van der Waals surface area contributed by atoms with Gasteiger partial charge in [0.2, 0.25) is 0 Å². The van der Waals surface area contributed by atoms with Crippen molar-refractivity contribution in [2.75, 3.05) is 11.4 Å². The highest BCUT2D eigenvalue weighted by atomic mass is 79.9. The van der Waals surface area contributed by atoms with Gasteiger partial charge in [-0.3, -0.25) is 14.5 Å². The molecule has 0 saturated carbocycles. The minimum Gasteiger partial charge on any atom is -0.354 e. The molecule has 0 bridgehead atoms. The van der Waals surface area contributed by atoms with Crippen LogP contribution in [0.5, 0.6) is 0 Å². The fourth-order valence-corrected chi connectivity index (χ4v) is 5.20. The van der Waals surface area contributed by atoms with Crippen molar-refractivity contribution in [3.05, 3.63) is 58.6 Å². The number of carbonyl (C=O) groups excluding carboxylic acids is 2. The Labute approximate surface area is 153 Å². The van der Waals surface area contributed by atoms with Crippen LogP contribution in [0.25, 0.3) is 11.0 Å². The molecule has 126 valence electrons. The number of halogens is 1. The molecule has 25 heavy (non-hydrogen) atoms. The smallest absolute Gasteiger partial charge is 0.257 e. The first-order valence-electron chi connectivity index (χ1n) is 7.84. The fraction of sp³-hybridized carbons (Fsp3) is 0.167. The van der Waals surface area contributed by atoms with Crippen molar-refractivity contribution in [1.29, 1.82) is 0 Å². The van der Waals surface area contributed by atoms with Gasteiger partial charge in [-0.15, -0.1) is 0 Å². The highest BCUT2D eigenvalue weighted by Crippen LogP contribution is 2.48. The van der Waals surface area contributed by atoms with Gasteiger partial charge in [0, 0.05) is 23.6 Å². The van der Waals surface area contributed by atoms with Crippen molar-refractivity contribution in [3.8, 4) is 0 Å². The Balaban J connectivity index is 1.66. The van der Waals surface area contributed by atoms with Gasteiger partial charge in [-0.25, -0.2) is 0 Å². The van der Waals surface area contributed by atoms with Gasteiger partial charge in [-0.2, -0.15) is 0 Å². The molecule has 2 heterocycles. The van der Waals surface area contributed by atoms with Crippen molar-refractivity contribution in [1.82, 2.24) is 5.16 Å². The van der Waals surface area contributed by atoms with Crippen molar-refractivity contribution >= 4 is 51.8 Å². The van der Waals surface area contributed by atoms with Crippen LogP contribution in [0.4, 0.5) is 10.6 Å². The molecule has 0 N–H and O–H groups in total. The van der Waals surface area contributed by atoms with Crippen molar-refractivity contribution < 1.29 is 14.1 Å². The van der Waals surface area contributed by atoms with E-state index in [2.05, 4.69) is 21.1 Å². The summed E-state index contributed by atoms with van der Waals surface area (Å²) in [6.07, 6.45) is 0.834. The standard InChI is InChI=1S/C18H14BrN2O3P/c19-13-6-7-14-15(10-13)24-20-17(14)21-9-8-16(22)25(18(21)23)11-12-4-2-1-3-5-12/h1-7,10H,8-9,11H2. The topological polar surface area (TPSA) is 63.4 Å². The molecule has 3 aromatic rings. The van der Waals surface area contributed by atoms with Crippen LogP contribution >= 0.6 is 23.9 Å². The first-order chi connectivity index (χ1) is 12.1. The van der Waals surface area contributed by atoms with Gasteiger partial charge in [0.15, 0.2) is 16.9 Å². The zero-order valence-electron chi connectivity index (χ0n) is 13.2. The average molecular weight is 417 g/mol. The number of aromatic nitrogens is 1. The number of anilines is 1. The Morgan fingerprint density at radius 2 is 1.96 bits per heavy atom. The molecule has 0 aliphatic carbocycles. The molecule has 0 radical (unpaired) electrons. The molecule has 1 amide bonds. The van der Waals surface area contributed by atoms with Gasteiger partial charge in [0.25, 0.3) is 5.65 Å². The minimum atomic E-state index is -1.42. The third-order valence-corrected chi connectivity index (χ3v) is 6.87. The molecule has 0 spiro atoms. The second-order valence-corrected chi connectivity index (χ2v) is 8.77. The molecular weight excluding hydrogens is 403 g/mol. The van der Waals surface area contributed by atoms with E-state index >= 15 is 0 Å². The number of rotatable bonds is 3. The van der Waals surface area contributed by atoms with E-state index in [0.717, 1.165) is 15.4 Å². The van der Waals surface area contributed by atoms with Crippen LogP contribution in [0.3, 0.4) is 0 Å². The van der Waals surface area contributed by atoms with E-state index in [-0.39, 0.29) is 11.2 Å². The Morgan fingerprint density at radius 3 is 2.76 bits per heavy atom. The summed E-state index contributed by atoms with van der Waals surface area (Å²) in [5, 5.41) is 4.86. The van der Waals surface area contributed by atoms with E-state index < -0.39 is 7.92 Å². The summed E-state index contributed by atoms with van der Waals surface area (Å²) < 4.78 is 6.24. The third-order valence-electron chi connectivity index (χ3n) is 4.17. The van der Waals surface area contributed by atoms with Crippen LogP contribution in [-0.2, 0) is 11.0 Å².